The van der Waals surface area contributed by atoms with Crippen molar-refractivity contribution in [2.45, 2.75) is 0 Å². The molecule has 1 rings (SSSR count). The molecular weight excluding hydrogens is 243 g/mol. The molecule has 0 heterocycles. The van der Waals surface area contributed by atoms with E-state index in [2.05, 4.69) is 15.9 Å². The van der Waals surface area contributed by atoms with Gasteiger partial charge in [-0.25, -0.2) is 0 Å². The van der Waals surface area contributed by atoms with Crippen molar-refractivity contribution < 1.29 is 3.74 Å². The number of halogens is 1. The van der Waals surface area contributed by atoms with Crippen LogP contribution in [0.3, 0.4) is 0 Å². The zero-order chi connectivity index (χ0) is 6.69. The predicted molar refractivity (Wildman–Crippen MR) is 40.2 cm³/mol. The number of benzene rings is 1. The topological polar surface area (TPSA) is 17.1 Å². The third-order valence-corrected chi connectivity index (χ3v) is 3.54. The summed E-state index contributed by atoms with van der Waals surface area (Å²) in [6, 6.07) is 7.54. The zero-order valence-corrected chi connectivity index (χ0v) is 8.01. The fourth-order valence-corrected chi connectivity index (χ4v) is 1.83. The van der Waals surface area contributed by atoms with E-state index in [1.807, 2.05) is 24.3 Å². The first-order chi connectivity index (χ1) is 4.34. The molecule has 0 atom stereocenters. The first kappa shape index (κ1) is 7.17. The third-order valence-electron chi connectivity index (χ3n) is 0.951. The summed E-state index contributed by atoms with van der Waals surface area (Å²) in [5.74, 6) is 0. The maximum atomic E-state index is 10.4. The molecule has 0 aliphatic heterocycles. The van der Waals surface area contributed by atoms with Crippen LogP contribution in [0.25, 0.3) is 0 Å². The zero-order valence-electron chi connectivity index (χ0n) is 4.54. The van der Waals surface area contributed by atoms with E-state index in [9.17, 15) is 3.74 Å². The van der Waals surface area contributed by atoms with Crippen LogP contribution in [0.2, 0.25) is 0 Å². The van der Waals surface area contributed by atoms with Crippen LogP contribution in [-0.2, 0) is 3.74 Å². The van der Waals surface area contributed by atoms with Gasteiger partial charge < -0.3 is 0 Å². The summed E-state index contributed by atoms with van der Waals surface area (Å²) < 4.78 is 12.3. The number of hydrogen-bond acceptors (Lipinski definition) is 1. The van der Waals surface area contributed by atoms with Crippen LogP contribution in [0, 0.1) is 0 Å². The second kappa shape index (κ2) is 3.28. The molecule has 1 aromatic rings. The van der Waals surface area contributed by atoms with Crippen molar-refractivity contribution in [3.8, 4) is 0 Å². The first-order valence-electron chi connectivity index (χ1n) is 2.42. The molecule has 0 aliphatic carbocycles. The van der Waals surface area contributed by atoms with Crippen LogP contribution < -0.4 is 4.35 Å². The Balaban J connectivity index is 3.15. The molecule has 46 valence electrons. The van der Waals surface area contributed by atoms with Gasteiger partial charge in [0, 0.05) is 0 Å². The molecule has 0 N–H and O–H groups in total. The number of rotatable bonds is 1. The van der Waals surface area contributed by atoms with E-state index < -0.39 is 15.7 Å². The summed E-state index contributed by atoms with van der Waals surface area (Å²) in [7, 11) is 0. The minimum atomic E-state index is -0.883. The van der Waals surface area contributed by atoms with E-state index in [1.165, 1.54) is 0 Å². The van der Waals surface area contributed by atoms with Gasteiger partial charge in [-0.2, -0.15) is 0 Å². The molecule has 0 bridgehead atoms. The van der Waals surface area contributed by atoms with Gasteiger partial charge in [0.15, 0.2) is 0 Å². The quantitative estimate of drug-likeness (QED) is 0.679. The summed E-state index contributed by atoms with van der Waals surface area (Å²) in [6.07, 6.45) is 0. The van der Waals surface area contributed by atoms with Crippen molar-refractivity contribution in [3.63, 3.8) is 0 Å². The van der Waals surface area contributed by atoms with Gasteiger partial charge in [-0.05, 0) is 0 Å². The van der Waals surface area contributed by atoms with Gasteiger partial charge in [0.05, 0.1) is 0 Å². The van der Waals surface area contributed by atoms with E-state index in [0.717, 1.165) is 8.82 Å². The van der Waals surface area contributed by atoms with Gasteiger partial charge >= 0.3 is 68.4 Å². The minimum absolute atomic E-state index is 0.883. The second-order valence-corrected chi connectivity index (χ2v) is 3.79. The van der Waals surface area contributed by atoms with Crippen LogP contribution in [0.1, 0.15) is 0 Å². The Kier molecular flexibility index (Phi) is 2.62. The van der Waals surface area contributed by atoms with Crippen molar-refractivity contribution in [1.82, 2.24) is 0 Å². The van der Waals surface area contributed by atoms with Gasteiger partial charge in [-0.15, -0.1) is 0 Å². The first-order valence-corrected chi connectivity index (χ1v) is 4.92. The Hall–Kier alpha value is 0.0584. The maximum absolute atomic E-state index is 10.4. The average molecular weight is 247 g/mol. The fraction of sp³-hybridized carbons (Fsp3) is 0. The van der Waals surface area contributed by atoms with Crippen LogP contribution >= 0.6 is 15.9 Å². The molecular formula is C6H4AsBrO. The fourth-order valence-electron chi connectivity index (χ4n) is 0.526. The summed E-state index contributed by atoms with van der Waals surface area (Å²) >= 11 is 2.40. The molecule has 1 nitrogen and oxygen atoms in total. The SMILES string of the molecule is O=[As]c1ccccc1Br. The summed E-state index contributed by atoms with van der Waals surface area (Å²) in [4.78, 5) is 0. The third kappa shape index (κ3) is 1.73. The molecule has 1 aromatic carbocycles. The average Bonchev–Trinajstić information content (AvgIpc) is 1.89. The molecule has 0 aliphatic rings. The van der Waals surface area contributed by atoms with E-state index in [4.69, 9.17) is 0 Å². The standard InChI is InChI=1S/C6H4AsBrO/c8-6-4-2-1-3-5(6)7-9/h1-4H. The molecule has 0 amide bonds. The monoisotopic (exact) mass is 246 g/mol. The Morgan fingerprint density at radius 3 is 2.44 bits per heavy atom. The predicted octanol–water partition coefficient (Wildman–Crippen LogP) is 1.12. The van der Waals surface area contributed by atoms with Crippen molar-refractivity contribution in [1.29, 1.82) is 0 Å². The van der Waals surface area contributed by atoms with Crippen molar-refractivity contribution in [2.75, 3.05) is 0 Å². The van der Waals surface area contributed by atoms with Crippen LogP contribution in [0.4, 0.5) is 0 Å². The van der Waals surface area contributed by atoms with Gasteiger partial charge in [-0.3, -0.25) is 0 Å². The van der Waals surface area contributed by atoms with Gasteiger partial charge in [-0.1, -0.05) is 0 Å². The van der Waals surface area contributed by atoms with Gasteiger partial charge in [0.1, 0.15) is 0 Å². The summed E-state index contributed by atoms with van der Waals surface area (Å²) in [5, 5.41) is 0. The van der Waals surface area contributed by atoms with Crippen molar-refractivity contribution in [3.05, 3.63) is 28.7 Å². The van der Waals surface area contributed by atoms with Crippen molar-refractivity contribution in [2.24, 2.45) is 0 Å². The Labute approximate surface area is 68.5 Å². The molecule has 0 unspecified atom stereocenters. The Morgan fingerprint density at radius 2 is 2.00 bits per heavy atom. The number of hydrogen-bond donors (Lipinski definition) is 0. The normalized spacial score (nSPS) is 9.89. The molecule has 0 saturated heterocycles. The van der Waals surface area contributed by atoms with Crippen LogP contribution in [-0.4, -0.2) is 15.7 Å². The van der Waals surface area contributed by atoms with Crippen LogP contribution in [0.5, 0.6) is 0 Å². The molecule has 0 aromatic heterocycles. The Morgan fingerprint density at radius 1 is 1.33 bits per heavy atom. The van der Waals surface area contributed by atoms with E-state index in [1.54, 1.807) is 0 Å². The van der Waals surface area contributed by atoms with Crippen LogP contribution in [0.15, 0.2) is 28.7 Å². The van der Waals surface area contributed by atoms with Gasteiger partial charge in [0.2, 0.25) is 0 Å². The summed E-state index contributed by atoms with van der Waals surface area (Å²) in [5.41, 5.74) is 0. The molecule has 0 radical (unpaired) electrons. The van der Waals surface area contributed by atoms with Crippen molar-refractivity contribution >= 4 is 36.0 Å². The molecule has 3 heteroatoms. The molecule has 0 fully saturated rings. The van der Waals surface area contributed by atoms with Gasteiger partial charge in [0.25, 0.3) is 0 Å². The van der Waals surface area contributed by atoms with E-state index >= 15 is 0 Å². The molecule has 0 spiro atoms. The van der Waals surface area contributed by atoms with E-state index in [0.29, 0.717) is 0 Å². The summed E-state index contributed by atoms with van der Waals surface area (Å²) in [6.45, 7) is 0. The molecule has 0 saturated carbocycles. The Bertz CT molecular complexity index is 224. The molecule has 9 heavy (non-hydrogen) atoms. The van der Waals surface area contributed by atoms with E-state index in [-0.39, 0.29) is 0 Å². The second-order valence-electron chi connectivity index (χ2n) is 1.54.